The number of hydrogen-bond donors (Lipinski definition) is 0. The Kier molecular flexibility index (Phi) is 5.83. The van der Waals surface area contributed by atoms with Gasteiger partial charge in [0.1, 0.15) is 5.75 Å². The van der Waals surface area contributed by atoms with Crippen LogP contribution in [0.4, 0.5) is 13.2 Å². The molecule has 2 atom stereocenters. The fourth-order valence-corrected chi connectivity index (χ4v) is 5.23. The molecular formula is C23H22F3NO3S. The first-order valence-corrected chi connectivity index (χ1v) is 10.8. The summed E-state index contributed by atoms with van der Waals surface area (Å²) >= 11 is 1.56. The van der Waals surface area contributed by atoms with Gasteiger partial charge in [-0.15, -0.1) is 24.5 Å². The molecule has 0 radical (unpaired) electrons. The molecule has 1 aliphatic carbocycles. The van der Waals surface area contributed by atoms with Crippen LogP contribution in [0.5, 0.6) is 5.75 Å². The zero-order valence-electron chi connectivity index (χ0n) is 17.1. The van der Waals surface area contributed by atoms with E-state index in [-0.39, 0.29) is 23.6 Å². The molecule has 2 unspecified atom stereocenters. The molecule has 2 aliphatic rings. The second kappa shape index (κ2) is 8.42. The van der Waals surface area contributed by atoms with E-state index in [2.05, 4.69) is 4.74 Å². The molecule has 1 aliphatic heterocycles. The number of halogens is 3. The van der Waals surface area contributed by atoms with E-state index >= 15 is 0 Å². The number of hydrogen-bond acceptors (Lipinski definition) is 4. The standard InChI is InChI=1S/C23H22F3NO3S/c1-14-13-18(29-2)7-8-19(14)22(28)27-11-9-16-10-12-31-21(16)20(27)15-3-5-17(6-4-15)30-23(24,25)26/h3-8,10,12,14,20H,9,11,13H2,1-2H3. The van der Waals surface area contributed by atoms with Crippen molar-refractivity contribution < 1.29 is 27.4 Å². The Hall–Kier alpha value is -2.74. The largest absolute Gasteiger partial charge is 0.573 e. The van der Waals surface area contributed by atoms with Crippen molar-refractivity contribution in [1.29, 1.82) is 0 Å². The summed E-state index contributed by atoms with van der Waals surface area (Å²) in [5.74, 6) is 0.510. The van der Waals surface area contributed by atoms with Crippen LogP contribution >= 0.6 is 11.3 Å². The van der Waals surface area contributed by atoms with Gasteiger partial charge in [0.05, 0.1) is 18.9 Å². The number of nitrogens with zero attached hydrogens (tertiary/aromatic N) is 1. The van der Waals surface area contributed by atoms with E-state index in [9.17, 15) is 18.0 Å². The fraction of sp³-hybridized carbons (Fsp3) is 0.348. The second-order valence-corrected chi connectivity index (χ2v) is 8.59. The molecule has 1 aromatic heterocycles. The summed E-state index contributed by atoms with van der Waals surface area (Å²) in [5, 5.41) is 1.99. The molecule has 0 bridgehead atoms. The van der Waals surface area contributed by atoms with E-state index in [1.54, 1.807) is 30.6 Å². The Balaban J connectivity index is 1.67. The third kappa shape index (κ3) is 4.49. The topological polar surface area (TPSA) is 38.8 Å². The molecule has 0 saturated carbocycles. The highest BCUT2D eigenvalue weighted by atomic mass is 32.1. The van der Waals surface area contributed by atoms with Crippen LogP contribution in [0.3, 0.4) is 0 Å². The monoisotopic (exact) mass is 449 g/mol. The lowest BCUT2D eigenvalue weighted by molar-refractivity contribution is -0.274. The van der Waals surface area contributed by atoms with Gasteiger partial charge >= 0.3 is 6.36 Å². The van der Waals surface area contributed by atoms with Crippen LogP contribution in [0.25, 0.3) is 0 Å². The number of rotatable bonds is 4. The predicted octanol–water partition coefficient (Wildman–Crippen LogP) is 5.62. The van der Waals surface area contributed by atoms with Crippen molar-refractivity contribution in [2.75, 3.05) is 13.7 Å². The summed E-state index contributed by atoms with van der Waals surface area (Å²) in [7, 11) is 1.62. The maximum absolute atomic E-state index is 13.5. The van der Waals surface area contributed by atoms with E-state index in [0.29, 0.717) is 18.5 Å². The van der Waals surface area contributed by atoms with E-state index in [0.717, 1.165) is 22.6 Å². The van der Waals surface area contributed by atoms with E-state index in [1.165, 1.54) is 17.7 Å². The highest BCUT2D eigenvalue weighted by Crippen LogP contribution is 2.41. The van der Waals surface area contributed by atoms with Gasteiger partial charge in [0.15, 0.2) is 0 Å². The van der Waals surface area contributed by atoms with Crippen LogP contribution in [0, 0.1) is 5.92 Å². The summed E-state index contributed by atoms with van der Waals surface area (Å²) in [5.41, 5.74) is 2.63. The van der Waals surface area contributed by atoms with Crippen molar-refractivity contribution in [2.24, 2.45) is 5.92 Å². The number of methoxy groups -OCH3 is 1. The van der Waals surface area contributed by atoms with Gasteiger partial charge in [0.25, 0.3) is 5.91 Å². The summed E-state index contributed by atoms with van der Waals surface area (Å²) in [6.07, 6.45) is 0.299. The molecule has 4 rings (SSSR count). The van der Waals surface area contributed by atoms with Gasteiger partial charge < -0.3 is 14.4 Å². The lowest BCUT2D eigenvalue weighted by atomic mass is 9.88. The molecule has 4 nitrogen and oxygen atoms in total. The summed E-state index contributed by atoms with van der Waals surface area (Å²) in [6.45, 7) is 2.54. The Morgan fingerprint density at radius 3 is 2.55 bits per heavy atom. The Labute approximate surface area is 182 Å². The number of thiophene rings is 1. The maximum Gasteiger partial charge on any atom is 0.573 e. The summed E-state index contributed by atoms with van der Waals surface area (Å²) < 4.78 is 46.9. The maximum atomic E-state index is 13.5. The first-order valence-electron chi connectivity index (χ1n) is 9.94. The van der Waals surface area contributed by atoms with Crippen LogP contribution in [-0.4, -0.2) is 30.8 Å². The Bertz CT molecular complexity index is 1020. The smallest absolute Gasteiger partial charge is 0.501 e. The van der Waals surface area contributed by atoms with Gasteiger partial charge in [-0.25, -0.2) is 0 Å². The van der Waals surface area contributed by atoms with Gasteiger partial charge in [-0.1, -0.05) is 19.1 Å². The minimum absolute atomic E-state index is 0.0143. The minimum atomic E-state index is -4.74. The van der Waals surface area contributed by atoms with Crippen molar-refractivity contribution in [3.05, 3.63) is 75.2 Å². The van der Waals surface area contributed by atoms with Gasteiger partial charge in [-0.05, 0) is 59.2 Å². The highest BCUT2D eigenvalue weighted by Gasteiger charge is 2.36. The Morgan fingerprint density at radius 2 is 1.90 bits per heavy atom. The number of allylic oxidation sites excluding steroid dienone is 3. The predicted molar refractivity (Wildman–Crippen MR) is 112 cm³/mol. The number of carbonyl (C=O) groups is 1. The van der Waals surface area contributed by atoms with Crippen molar-refractivity contribution in [3.8, 4) is 5.75 Å². The average Bonchev–Trinajstić information content (AvgIpc) is 3.21. The van der Waals surface area contributed by atoms with Crippen molar-refractivity contribution in [2.45, 2.75) is 32.2 Å². The van der Waals surface area contributed by atoms with Gasteiger partial charge in [0, 0.05) is 23.4 Å². The summed E-state index contributed by atoms with van der Waals surface area (Å²) in [4.78, 5) is 16.4. The van der Waals surface area contributed by atoms with Crippen LogP contribution in [0.15, 0.2) is 59.2 Å². The van der Waals surface area contributed by atoms with Crippen LogP contribution in [-0.2, 0) is 16.0 Å². The third-order valence-corrected chi connectivity index (χ3v) is 6.66. The van der Waals surface area contributed by atoms with Crippen molar-refractivity contribution in [1.82, 2.24) is 4.90 Å². The molecule has 0 fully saturated rings. The number of alkyl halides is 3. The number of amides is 1. The van der Waals surface area contributed by atoms with Crippen molar-refractivity contribution >= 4 is 17.2 Å². The quantitative estimate of drug-likeness (QED) is 0.608. The Morgan fingerprint density at radius 1 is 1.16 bits per heavy atom. The molecule has 31 heavy (non-hydrogen) atoms. The van der Waals surface area contributed by atoms with Crippen LogP contribution in [0.2, 0.25) is 0 Å². The van der Waals surface area contributed by atoms with Crippen LogP contribution in [0.1, 0.15) is 35.4 Å². The molecule has 1 aromatic carbocycles. The molecule has 0 saturated heterocycles. The van der Waals surface area contributed by atoms with Gasteiger partial charge in [-0.3, -0.25) is 4.79 Å². The molecular weight excluding hydrogens is 427 g/mol. The van der Waals surface area contributed by atoms with Gasteiger partial charge in [-0.2, -0.15) is 0 Å². The van der Waals surface area contributed by atoms with E-state index in [4.69, 9.17) is 4.74 Å². The van der Waals surface area contributed by atoms with Gasteiger partial charge in [0.2, 0.25) is 0 Å². The van der Waals surface area contributed by atoms with E-state index in [1.807, 2.05) is 35.4 Å². The zero-order chi connectivity index (χ0) is 22.2. The molecule has 0 spiro atoms. The third-order valence-electron chi connectivity index (χ3n) is 5.65. The number of fused-ring (bicyclic) bond motifs is 1. The number of ether oxygens (including phenoxy) is 2. The molecule has 2 heterocycles. The number of carbonyl (C=O) groups excluding carboxylic acids is 1. The second-order valence-electron chi connectivity index (χ2n) is 7.64. The lowest BCUT2D eigenvalue weighted by Crippen LogP contribution is -2.41. The zero-order valence-corrected chi connectivity index (χ0v) is 17.9. The normalized spacial score (nSPS) is 21.1. The molecule has 1 amide bonds. The van der Waals surface area contributed by atoms with Crippen molar-refractivity contribution in [3.63, 3.8) is 0 Å². The average molecular weight is 449 g/mol. The number of benzene rings is 1. The minimum Gasteiger partial charge on any atom is -0.501 e. The highest BCUT2D eigenvalue weighted by molar-refractivity contribution is 7.10. The summed E-state index contributed by atoms with van der Waals surface area (Å²) in [6, 6.07) is 7.49. The molecule has 8 heteroatoms. The lowest BCUT2D eigenvalue weighted by Gasteiger charge is -2.38. The molecule has 0 N–H and O–H groups in total. The molecule has 2 aromatic rings. The molecule has 164 valence electrons. The first-order chi connectivity index (χ1) is 14.8. The SMILES string of the molecule is COC1=CC=C(C(=O)N2CCc3ccsc3C2c2ccc(OC(F)(F)F)cc2)C(C)C1. The van der Waals surface area contributed by atoms with Crippen LogP contribution < -0.4 is 4.74 Å². The first kappa shape index (κ1) is 21.5. The fourth-order valence-electron chi connectivity index (χ4n) is 4.13. The van der Waals surface area contributed by atoms with E-state index < -0.39 is 6.36 Å².